The minimum absolute atomic E-state index is 0.132. The van der Waals surface area contributed by atoms with Gasteiger partial charge < -0.3 is 10.9 Å². The minimum atomic E-state index is -0.132. The predicted octanol–water partition coefficient (Wildman–Crippen LogP) is 2.19. The van der Waals surface area contributed by atoms with Crippen molar-refractivity contribution in [3.63, 3.8) is 0 Å². The lowest BCUT2D eigenvalue weighted by Gasteiger charge is -2.06. The lowest BCUT2D eigenvalue weighted by atomic mass is 10.2. The molecule has 5 rings (SSSR count). The van der Waals surface area contributed by atoms with Gasteiger partial charge in [0.2, 0.25) is 0 Å². The monoisotopic (exact) mass is 369 g/mol. The van der Waals surface area contributed by atoms with Crippen LogP contribution in [0.3, 0.4) is 0 Å². The molecule has 3 aromatic rings. The number of hydrogen-bond donors (Lipinski definition) is 4. The Bertz CT molecular complexity index is 950. The summed E-state index contributed by atoms with van der Waals surface area (Å²) >= 11 is 0. The van der Waals surface area contributed by atoms with Crippen LogP contribution >= 0.6 is 0 Å². The predicted molar refractivity (Wildman–Crippen MR) is 108 cm³/mol. The third-order valence-electron chi connectivity index (χ3n) is 4.64. The fraction of sp³-hybridized carbons (Fsp3) is 0.0952. The zero-order valence-electron chi connectivity index (χ0n) is 15.0. The first-order valence-electron chi connectivity index (χ1n) is 9.13. The molecule has 7 nitrogen and oxygen atoms in total. The number of hydrogen-bond acceptors (Lipinski definition) is 7. The van der Waals surface area contributed by atoms with E-state index in [-0.39, 0.29) is 12.3 Å². The zero-order chi connectivity index (χ0) is 18.8. The number of rotatable bonds is 4. The van der Waals surface area contributed by atoms with Crippen molar-refractivity contribution in [2.75, 3.05) is 0 Å². The number of hydrazine groups is 2. The smallest absolute Gasteiger partial charge is 0.163 e. The lowest BCUT2D eigenvalue weighted by Crippen LogP contribution is -2.34. The molecule has 2 unspecified atom stereocenters. The zero-order valence-corrected chi connectivity index (χ0v) is 15.0. The van der Waals surface area contributed by atoms with Gasteiger partial charge in [0.05, 0.1) is 0 Å². The van der Waals surface area contributed by atoms with E-state index in [1.54, 1.807) is 0 Å². The van der Waals surface area contributed by atoms with Crippen molar-refractivity contribution in [2.24, 2.45) is 9.98 Å². The molecule has 0 bridgehead atoms. The minimum Gasteiger partial charge on any atom is -0.302 e. The summed E-state index contributed by atoms with van der Waals surface area (Å²) in [5.74, 6) is 1.42. The molecule has 4 N–H and O–H groups in total. The molecule has 28 heavy (non-hydrogen) atoms. The Balaban J connectivity index is 1.39. The highest BCUT2D eigenvalue weighted by Gasteiger charge is 2.22. The molecule has 2 atom stereocenters. The van der Waals surface area contributed by atoms with Crippen molar-refractivity contribution in [2.45, 2.75) is 12.3 Å². The van der Waals surface area contributed by atoms with E-state index < -0.39 is 0 Å². The van der Waals surface area contributed by atoms with Crippen molar-refractivity contribution in [1.82, 2.24) is 26.7 Å². The normalized spacial score (nSPS) is 20.9. The highest BCUT2D eigenvalue weighted by atomic mass is 15.5. The van der Waals surface area contributed by atoms with Gasteiger partial charge in [-0.3, -0.25) is 0 Å². The summed E-state index contributed by atoms with van der Waals surface area (Å²) in [7, 11) is 0. The summed E-state index contributed by atoms with van der Waals surface area (Å²) in [5, 5.41) is 0. The topological polar surface area (TPSA) is 85.7 Å². The van der Waals surface area contributed by atoms with Crippen LogP contribution in [0, 0.1) is 0 Å². The maximum atomic E-state index is 4.73. The van der Waals surface area contributed by atoms with Gasteiger partial charge in [0.15, 0.2) is 11.7 Å². The number of benzene rings is 2. The van der Waals surface area contributed by atoms with Gasteiger partial charge in [-0.2, -0.15) is 0 Å². The Hall–Kier alpha value is -3.55. The molecule has 2 aliphatic rings. The van der Waals surface area contributed by atoms with Gasteiger partial charge in [-0.25, -0.2) is 25.8 Å². The van der Waals surface area contributed by atoms with Gasteiger partial charge in [-0.15, -0.1) is 0 Å². The third kappa shape index (κ3) is 3.24. The third-order valence-corrected chi connectivity index (χ3v) is 4.64. The molecule has 1 aromatic heterocycles. The Morgan fingerprint density at radius 2 is 1.00 bits per heavy atom. The van der Waals surface area contributed by atoms with E-state index in [0.29, 0.717) is 11.7 Å². The fourth-order valence-corrected chi connectivity index (χ4v) is 3.21. The van der Waals surface area contributed by atoms with Crippen LogP contribution in [0.25, 0.3) is 0 Å². The van der Waals surface area contributed by atoms with E-state index in [9.17, 15) is 0 Å². The largest absolute Gasteiger partial charge is 0.302 e. The van der Waals surface area contributed by atoms with E-state index in [2.05, 4.69) is 21.7 Å². The summed E-state index contributed by atoms with van der Waals surface area (Å²) in [6.07, 6.45) is -0.263. The lowest BCUT2D eigenvalue weighted by molar-refractivity contribution is 0.574. The molecule has 3 heterocycles. The van der Waals surface area contributed by atoms with Gasteiger partial charge >= 0.3 is 0 Å². The second-order valence-corrected chi connectivity index (χ2v) is 6.53. The molecule has 7 heteroatoms. The van der Waals surface area contributed by atoms with E-state index in [0.717, 1.165) is 22.5 Å². The summed E-state index contributed by atoms with van der Waals surface area (Å²) in [6.45, 7) is 0. The molecule has 138 valence electrons. The highest BCUT2D eigenvalue weighted by Crippen LogP contribution is 2.19. The van der Waals surface area contributed by atoms with Crippen LogP contribution < -0.4 is 21.7 Å². The van der Waals surface area contributed by atoms with Crippen LogP contribution in [0.15, 0.2) is 88.8 Å². The average molecular weight is 369 g/mol. The summed E-state index contributed by atoms with van der Waals surface area (Å²) in [5.41, 5.74) is 16.4. The van der Waals surface area contributed by atoms with Crippen molar-refractivity contribution >= 4 is 11.7 Å². The van der Waals surface area contributed by atoms with Gasteiger partial charge in [0, 0.05) is 0 Å². The Morgan fingerprint density at radius 1 is 0.536 bits per heavy atom. The Kier molecular flexibility index (Phi) is 4.29. The first-order chi connectivity index (χ1) is 13.9. The Labute approximate surface area is 162 Å². The van der Waals surface area contributed by atoms with Crippen LogP contribution in [0.4, 0.5) is 0 Å². The standard InChI is InChI=1S/C21H19N7/c1-3-8-14(9-4-1)18-23-20(27-25-18)16-12-7-13-17(22-16)21-24-19(26-28-21)15-10-5-2-6-11-15/h1-13,18-19,25-26H,(H,23,27)(H,24,28). The molecular weight excluding hydrogens is 350 g/mol. The molecule has 0 amide bonds. The average Bonchev–Trinajstić information content (AvgIpc) is 3.46. The number of aliphatic imine (C=N–C) groups is 2. The van der Waals surface area contributed by atoms with E-state index in [1.807, 2.05) is 78.9 Å². The number of aromatic nitrogens is 1. The second kappa shape index (κ2) is 7.22. The molecule has 0 saturated carbocycles. The van der Waals surface area contributed by atoms with E-state index >= 15 is 0 Å². The van der Waals surface area contributed by atoms with Crippen LogP contribution in [0.5, 0.6) is 0 Å². The van der Waals surface area contributed by atoms with Gasteiger partial charge in [-0.05, 0) is 23.3 Å². The number of pyridine rings is 1. The molecule has 2 aliphatic heterocycles. The quantitative estimate of drug-likeness (QED) is 0.566. The molecule has 0 fully saturated rings. The van der Waals surface area contributed by atoms with Crippen molar-refractivity contribution in [3.8, 4) is 0 Å². The fourth-order valence-electron chi connectivity index (χ4n) is 3.21. The first kappa shape index (κ1) is 16.6. The van der Waals surface area contributed by atoms with Crippen molar-refractivity contribution in [1.29, 1.82) is 0 Å². The molecule has 0 radical (unpaired) electrons. The Morgan fingerprint density at radius 3 is 1.46 bits per heavy atom. The summed E-state index contributed by atoms with van der Waals surface area (Å²) in [4.78, 5) is 14.2. The van der Waals surface area contributed by atoms with E-state index in [4.69, 9.17) is 15.0 Å². The molecular formula is C21H19N7. The first-order valence-corrected chi connectivity index (χ1v) is 9.13. The second-order valence-electron chi connectivity index (χ2n) is 6.53. The molecule has 2 aromatic carbocycles. The summed E-state index contributed by atoms with van der Waals surface area (Å²) < 4.78 is 0. The SMILES string of the molecule is c1ccc(C2N=C(c3cccc(C4=NC(c5ccccc5)NN4)n3)NN2)cc1. The number of amidine groups is 2. The number of nitrogens with zero attached hydrogens (tertiary/aromatic N) is 3. The van der Waals surface area contributed by atoms with Crippen molar-refractivity contribution in [3.05, 3.63) is 101 Å². The molecule has 0 aliphatic carbocycles. The van der Waals surface area contributed by atoms with Crippen LogP contribution in [0.2, 0.25) is 0 Å². The van der Waals surface area contributed by atoms with E-state index in [1.165, 1.54) is 0 Å². The van der Waals surface area contributed by atoms with Crippen LogP contribution in [0.1, 0.15) is 34.8 Å². The van der Waals surface area contributed by atoms with Crippen LogP contribution in [-0.2, 0) is 0 Å². The summed E-state index contributed by atoms with van der Waals surface area (Å²) in [6, 6.07) is 26.0. The molecule has 0 saturated heterocycles. The van der Waals surface area contributed by atoms with Gasteiger partial charge in [0.25, 0.3) is 0 Å². The molecule has 0 spiro atoms. The number of nitrogens with one attached hydrogen (secondary N) is 4. The highest BCUT2D eigenvalue weighted by molar-refractivity contribution is 6.01. The maximum Gasteiger partial charge on any atom is 0.163 e. The van der Waals surface area contributed by atoms with Gasteiger partial charge in [0.1, 0.15) is 23.7 Å². The maximum absolute atomic E-state index is 4.73. The van der Waals surface area contributed by atoms with Gasteiger partial charge in [-0.1, -0.05) is 66.7 Å². The van der Waals surface area contributed by atoms with Crippen molar-refractivity contribution < 1.29 is 0 Å². The van der Waals surface area contributed by atoms with Crippen LogP contribution in [-0.4, -0.2) is 16.7 Å².